The van der Waals surface area contributed by atoms with Gasteiger partial charge < -0.3 is 11.5 Å². The number of halogens is 3. The van der Waals surface area contributed by atoms with E-state index in [2.05, 4.69) is 0 Å². The Labute approximate surface area is 173 Å². The summed E-state index contributed by atoms with van der Waals surface area (Å²) >= 11 is 3.56. The second-order valence-corrected chi connectivity index (χ2v) is 8.01. The first-order valence-electron chi connectivity index (χ1n) is 7.04. The minimum Gasteiger partial charge on any atom is -0.379 e. The molecule has 140 valence electrons. The topological polar surface area (TPSA) is 99.7 Å². The molecule has 6 N–H and O–H groups in total. The van der Waals surface area contributed by atoms with Gasteiger partial charge in [-0.2, -0.15) is 0 Å². The minimum absolute atomic E-state index is 0. The summed E-state index contributed by atoms with van der Waals surface area (Å²) in [5.41, 5.74) is 12.2. The monoisotopic (exact) mass is 478 g/mol. The third kappa shape index (κ3) is 6.82. The maximum Gasteiger partial charge on any atom is 0.159 e. The molecule has 0 heterocycles. The Bertz CT molecular complexity index is 805. The number of hydrogen-bond acceptors (Lipinski definition) is 5. The molecule has 0 aliphatic rings. The number of amidine groups is 2. The first-order valence-corrected chi connectivity index (χ1v) is 9.83. The van der Waals surface area contributed by atoms with Crippen LogP contribution >= 0.6 is 52.3 Å². The molecule has 2 aromatic carbocycles. The lowest BCUT2D eigenvalue weighted by Gasteiger charge is -2.12. The van der Waals surface area contributed by atoms with E-state index in [1.54, 1.807) is 0 Å². The Morgan fingerprint density at radius 2 is 1.38 bits per heavy atom. The zero-order valence-corrected chi connectivity index (χ0v) is 17.6. The van der Waals surface area contributed by atoms with Crippen molar-refractivity contribution in [2.75, 3.05) is 0 Å². The first kappa shape index (κ1) is 22.8. The van der Waals surface area contributed by atoms with Crippen molar-refractivity contribution in [1.29, 1.82) is 10.8 Å². The van der Waals surface area contributed by atoms with Crippen LogP contribution in [0.3, 0.4) is 0 Å². The lowest BCUT2D eigenvalue weighted by Crippen LogP contribution is -2.05. The second-order valence-electron chi connectivity index (χ2n) is 4.89. The molecule has 0 bridgehead atoms. The molecule has 0 saturated heterocycles. The molecule has 0 aliphatic heterocycles. The van der Waals surface area contributed by atoms with Gasteiger partial charge >= 0.3 is 0 Å². The fourth-order valence-electron chi connectivity index (χ4n) is 1.93. The van der Waals surface area contributed by atoms with Crippen molar-refractivity contribution < 1.29 is 8.78 Å². The molecule has 0 radical (unpaired) electrons. The molecule has 0 unspecified atom stereocenters. The highest BCUT2D eigenvalue weighted by Crippen LogP contribution is 2.36. The van der Waals surface area contributed by atoms with Crippen LogP contribution in [0, 0.1) is 22.5 Å². The summed E-state index contributed by atoms with van der Waals surface area (Å²) in [4.78, 5) is 1.43. The van der Waals surface area contributed by atoms with Crippen molar-refractivity contribution >= 4 is 62.6 Å². The highest BCUT2D eigenvalue weighted by molar-refractivity contribution is 8.93. The summed E-state index contributed by atoms with van der Waals surface area (Å²) in [5, 5.41) is 14.6. The van der Waals surface area contributed by atoms with E-state index in [0.29, 0.717) is 16.2 Å². The zero-order chi connectivity index (χ0) is 18.4. The fourth-order valence-corrected chi connectivity index (χ4v) is 4.30. The van der Waals surface area contributed by atoms with Gasteiger partial charge in [0.25, 0.3) is 0 Å². The quantitative estimate of drug-likeness (QED) is 0.347. The molecule has 0 aromatic heterocycles. The van der Waals surface area contributed by atoms with Crippen LogP contribution in [0.25, 0.3) is 0 Å². The van der Waals surface area contributed by atoms with Gasteiger partial charge in [-0.25, -0.2) is 8.78 Å². The van der Waals surface area contributed by atoms with E-state index in [1.807, 2.05) is 24.3 Å². The van der Waals surface area contributed by atoms with Crippen LogP contribution in [-0.2, 0) is 11.5 Å². The Balaban J connectivity index is 0.00000338. The van der Waals surface area contributed by atoms with Crippen LogP contribution in [0.2, 0.25) is 0 Å². The van der Waals surface area contributed by atoms with Crippen molar-refractivity contribution in [2.45, 2.75) is 21.3 Å². The maximum absolute atomic E-state index is 13.7. The Hall–Kier alpha value is -1.23. The van der Waals surface area contributed by atoms with Crippen LogP contribution in [0.5, 0.6) is 0 Å². The maximum atomic E-state index is 13.7. The molecule has 0 fully saturated rings. The summed E-state index contributed by atoms with van der Waals surface area (Å²) in [6, 6.07) is 9.81. The standard InChI is InChI=1S/C16H16F2N4S3.BrH/c17-11-5-10(8-24-16(21)22)14(6-12(11)18)25-13-4-2-1-3-9(13)7-23-15(19)20;/h1-6H,7-8H2,(H3,19,20)(H3,21,22);1H. The van der Waals surface area contributed by atoms with Gasteiger partial charge in [-0.1, -0.05) is 53.5 Å². The molecule has 2 aromatic rings. The summed E-state index contributed by atoms with van der Waals surface area (Å²) in [6.45, 7) is 0. The molecule has 0 spiro atoms. The molecular weight excluding hydrogens is 462 g/mol. The van der Waals surface area contributed by atoms with Crippen LogP contribution in [0.1, 0.15) is 11.1 Å². The molecule has 2 rings (SSSR count). The summed E-state index contributed by atoms with van der Waals surface area (Å²) < 4.78 is 27.3. The van der Waals surface area contributed by atoms with Gasteiger partial charge in [0, 0.05) is 21.3 Å². The molecule has 0 atom stereocenters. The number of benzene rings is 2. The predicted molar refractivity (Wildman–Crippen MR) is 114 cm³/mol. The fraction of sp³-hybridized carbons (Fsp3) is 0.125. The van der Waals surface area contributed by atoms with E-state index >= 15 is 0 Å². The van der Waals surface area contributed by atoms with Gasteiger partial charge in [0.05, 0.1) is 0 Å². The van der Waals surface area contributed by atoms with E-state index < -0.39 is 11.6 Å². The van der Waals surface area contributed by atoms with Gasteiger partial charge in [-0.15, -0.1) is 17.0 Å². The van der Waals surface area contributed by atoms with Crippen LogP contribution in [0.4, 0.5) is 8.78 Å². The first-order chi connectivity index (χ1) is 11.9. The second kappa shape index (κ2) is 10.8. The van der Waals surface area contributed by atoms with E-state index in [1.165, 1.54) is 23.5 Å². The van der Waals surface area contributed by atoms with E-state index in [4.69, 9.17) is 22.3 Å². The molecule has 10 heteroatoms. The van der Waals surface area contributed by atoms with Crippen LogP contribution < -0.4 is 11.5 Å². The lowest BCUT2D eigenvalue weighted by molar-refractivity contribution is 0.504. The number of rotatable bonds is 6. The van der Waals surface area contributed by atoms with Gasteiger partial charge in [0.15, 0.2) is 22.0 Å². The molecule has 0 aliphatic carbocycles. The highest BCUT2D eigenvalue weighted by Gasteiger charge is 2.14. The Morgan fingerprint density at radius 1 is 0.846 bits per heavy atom. The van der Waals surface area contributed by atoms with Crippen molar-refractivity contribution in [3.05, 3.63) is 59.2 Å². The number of nitrogens with one attached hydrogen (secondary N) is 2. The third-order valence-corrected chi connectivity index (χ3v) is 5.81. The molecule has 26 heavy (non-hydrogen) atoms. The van der Waals surface area contributed by atoms with E-state index in [0.717, 1.165) is 34.4 Å². The molecular formula is C16H17BrF2N4S3. The predicted octanol–water partition coefficient (Wildman–Crippen LogP) is 4.95. The lowest BCUT2D eigenvalue weighted by atomic mass is 10.2. The van der Waals surface area contributed by atoms with Crippen LogP contribution in [-0.4, -0.2) is 10.3 Å². The Kier molecular flexibility index (Phi) is 9.48. The van der Waals surface area contributed by atoms with E-state index in [9.17, 15) is 8.78 Å². The average molecular weight is 479 g/mol. The van der Waals surface area contributed by atoms with Crippen molar-refractivity contribution in [2.24, 2.45) is 11.5 Å². The number of nitrogens with two attached hydrogens (primary N) is 2. The highest BCUT2D eigenvalue weighted by atomic mass is 79.9. The summed E-state index contributed by atoms with van der Waals surface area (Å²) in [5.74, 6) is -1.06. The van der Waals surface area contributed by atoms with E-state index in [-0.39, 0.29) is 33.1 Å². The van der Waals surface area contributed by atoms with Gasteiger partial charge in [-0.3, -0.25) is 10.8 Å². The van der Waals surface area contributed by atoms with Crippen molar-refractivity contribution in [3.8, 4) is 0 Å². The largest absolute Gasteiger partial charge is 0.379 e. The SMILES string of the molecule is Br.N=C(N)SCc1ccccc1Sc1cc(F)c(F)cc1CSC(=N)N. The van der Waals surface area contributed by atoms with Crippen LogP contribution in [0.15, 0.2) is 46.2 Å². The average Bonchev–Trinajstić information content (AvgIpc) is 2.55. The molecule has 4 nitrogen and oxygen atoms in total. The smallest absolute Gasteiger partial charge is 0.159 e. The van der Waals surface area contributed by atoms with Gasteiger partial charge in [0.2, 0.25) is 0 Å². The summed E-state index contributed by atoms with van der Waals surface area (Å²) in [6.07, 6.45) is 0. The molecule has 0 saturated carbocycles. The normalized spacial score (nSPS) is 10.2. The zero-order valence-electron chi connectivity index (χ0n) is 13.4. The van der Waals surface area contributed by atoms with Crippen molar-refractivity contribution in [1.82, 2.24) is 0 Å². The van der Waals surface area contributed by atoms with Crippen molar-refractivity contribution in [3.63, 3.8) is 0 Å². The Morgan fingerprint density at radius 3 is 2.00 bits per heavy atom. The minimum atomic E-state index is -0.927. The van der Waals surface area contributed by atoms with Gasteiger partial charge in [0.1, 0.15) is 0 Å². The third-order valence-electron chi connectivity index (χ3n) is 3.06. The number of hydrogen-bond donors (Lipinski definition) is 4. The molecule has 0 amide bonds. The number of thioether (sulfide) groups is 2. The summed E-state index contributed by atoms with van der Waals surface area (Å²) in [7, 11) is 0. The van der Waals surface area contributed by atoms with Gasteiger partial charge in [-0.05, 0) is 29.3 Å².